The molecule has 0 saturated heterocycles. The smallest absolute Gasteiger partial charge is 0.203 e. The first kappa shape index (κ1) is 13.0. The zero-order valence-corrected chi connectivity index (χ0v) is 11.2. The maximum atomic E-state index is 10.0. The molecule has 0 bridgehead atoms. The first-order valence-corrected chi connectivity index (χ1v) is 6.22. The average Bonchev–Trinajstić information content (AvgIpc) is 3.09. The summed E-state index contributed by atoms with van der Waals surface area (Å²) in [5, 5.41) is 10.0. The highest BCUT2D eigenvalue weighted by molar-refractivity contribution is 5.56. The Labute approximate surface area is 107 Å². The van der Waals surface area contributed by atoms with Crippen LogP contribution in [0.15, 0.2) is 12.1 Å². The zero-order valence-electron chi connectivity index (χ0n) is 11.2. The van der Waals surface area contributed by atoms with Crippen molar-refractivity contribution in [1.82, 2.24) is 0 Å². The molecule has 0 spiro atoms. The van der Waals surface area contributed by atoms with Gasteiger partial charge < -0.3 is 19.3 Å². The van der Waals surface area contributed by atoms with Gasteiger partial charge in [0, 0.05) is 12.0 Å². The predicted molar refractivity (Wildman–Crippen MR) is 68.6 cm³/mol. The van der Waals surface area contributed by atoms with Gasteiger partial charge in [-0.1, -0.05) is 6.07 Å². The van der Waals surface area contributed by atoms with Gasteiger partial charge in [0.1, 0.15) is 0 Å². The van der Waals surface area contributed by atoms with Crippen LogP contribution in [0.4, 0.5) is 0 Å². The molecule has 1 fully saturated rings. The minimum Gasteiger partial charge on any atom is -0.493 e. The highest BCUT2D eigenvalue weighted by atomic mass is 16.5. The minimum absolute atomic E-state index is 0.550. The van der Waals surface area contributed by atoms with Crippen LogP contribution in [0.3, 0.4) is 0 Å². The largest absolute Gasteiger partial charge is 0.493 e. The van der Waals surface area contributed by atoms with Crippen LogP contribution >= 0.6 is 0 Å². The van der Waals surface area contributed by atoms with Crippen molar-refractivity contribution >= 4 is 0 Å². The Bertz CT molecular complexity index is 424. The number of hydrogen-bond acceptors (Lipinski definition) is 4. The Morgan fingerprint density at radius 1 is 1.17 bits per heavy atom. The number of hydrogen-bond donors (Lipinski definition) is 1. The molecular weight excluding hydrogens is 232 g/mol. The first-order chi connectivity index (χ1) is 8.63. The van der Waals surface area contributed by atoms with Gasteiger partial charge in [-0.15, -0.1) is 0 Å². The second kappa shape index (κ2) is 5.06. The second-order valence-electron chi connectivity index (χ2n) is 4.62. The van der Waals surface area contributed by atoms with Gasteiger partial charge in [-0.3, -0.25) is 0 Å². The standard InChI is InChI=1S/C14H20O4/c1-4-18-12-10(9-14(15)7-8-14)5-6-11(16-2)13(12)17-3/h5-6,15H,4,7-9H2,1-3H3. The lowest BCUT2D eigenvalue weighted by Crippen LogP contribution is -2.12. The fraction of sp³-hybridized carbons (Fsp3) is 0.571. The molecule has 1 aliphatic carbocycles. The van der Waals surface area contributed by atoms with Crippen molar-refractivity contribution in [3.63, 3.8) is 0 Å². The van der Waals surface area contributed by atoms with E-state index in [0.29, 0.717) is 30.3 Å². The third kappa shape index (κ3) is 2.53. The first-order valence-electron chi connectivity index (χ1n) is 6.22. The molecule has 0 unspecified atom stereocenters. The third-order valence-corrected chi connectivity index (χ3v) is 3.22. The molecule has 2 rings (SSSR count). The van der Waals surface area contributed by atoms with Gasteiger partial charge in [0.2, 0.25) is 5.75 Å². The maximum Gasteiger partial charge on any atom is 0.203 e. The Morgan fingerprint density at radius 3 is 2.39 bits per heavy atom. The molecule has 1 aromatic rings. The summed E-state index contributed by atoms with van der Waals surface area (Å²) in [6.45, 7) is 2.48. The van der Waals surface area contributed by atoms with Crippen LogP contribution in [0.25, 0.3) is 0 Å². The van der Waals surface area contributed by atoms with Crippen LogP contribution in [0.2, 0.25) is 0 Å². The lowest BCUT2D eigenvalue weighted by molar-refractivity contribution is 0.149. The number of benzene rings is 1. The molecular formula is C14H20O4. The van der Waals surface area contributed by atoms with Gasteiger partial charge >= 0.3 is 0 Å². The van der Waals surface area contributed by atoms with Crippen LogP contribution in [0.1, 0.15) is 25.3 Å². The monoisotopic (exact) mass is 252 g/mol. The Balaban J connectivity index is 2.37. The molecule has 1 aliphatic rings. The van der Waals surface area contributed by atoms with Gasteiger partial charge in [0.25, 0.3) is 0 Å². The highest BCUT2D eigenvalue weighted by Gasteiger charge is 2.41. The number of rotatable bonds is 6. The molecule has 0 aromatic heterocycles. The van der Waals surface area contributed by atoms with Crippen molar-refractivity contribution in [1.29, 1.82) is 0 Å². The summed E-state index contributed by atoms with van der Waals surface area (Å²) in [4.78, 5) is 0. The Kier molecular flexibility index (Phi) is 3.66. The SMILES string of the molecule is CCOc1c(CC2(O)CC2)ccc(OC)c1OC. The molecule has 0 amide bonds. The van der Waals surface area contributed by atoms with Gasteiger partial charge in [-0.25, -0.2) is 0 Å². The minimum atomic E-state index is -0.550. The van der Waals surface area contributed by atoms with E-state index in [2.05, 4.69) is 0 Å². The summed E-state index contributed by atoms with van der Waals surface area (Å²) in [7, 11) is 3.19. The number of methoxy groups -OCH3 is 2. The maximum absolute atomic E-state index is 10.0. The topological polar surface area (TPSA) is 47.9 Å². The van der Waals surface area contributed by atoms with Crippen LogP contribution in [0, 0.1) is 0 Å². The lowest BCUT2D eigenvalue weighted by atomic mass is 10.0. The van der Waals surface area contributed by atoms with Crippen LogP contribution < -0.4 is 14.2 Å². The summed E-state index contributed by atoms with van der Waals surface area (Å²) < 4.78 is 16.3. The van der Waals surface area contributed by atoms with Crippen molar-refractivity contribution in [2.24, 2.45) is 0 Å². The summed E-state index contributed by atoms with van der Waals surface area (Å²) in [5.74, 6) is 1.92. The van der Waals surface area contributed by atoms with E-state index < -0.39 is 5.60 Å². The summed E-state index contributed by atoms with van der Waals surface area (Å²) in [6, 6.07) is 3.78. The van der Waals surface area contributed by atoms with Crippen LogP contribution in [-0.2, 0) is 6.42 Å². The van der Waals surface area contributed by atoms with E-state index in [1.165, 1.54) is 0 Å². The number of aliphatic hydroxyl groups is 1. The van der Waals surface area contributed by atoms with E-state index in [1.54, 1.807) is 14.2 Å². The van der Waals surface area contributed by atoms with Gasteiger partial charge in [0.05, 0.1) is 26.4 Å². The zero-order chi connectivity index (χ0) is 13.2. The molecule has 4 heteroatoms. The summed E-state index contributed by atoms with van der Waals surface area (Å²) in [6.07, 6.45) is 2.31. The molecule has 1 aromatic carbocycles. The summed E-state index contributed by atoms with van der Waals surface area (Å²) >= 11 is 0. The van der Waals surface area contributed by atoms with Gasteiger partial charge in [0.15, 0.2) is 11.5 Å². The summed E-state index contributed by atoms with van der Waals surface area (Å²) in [5.41, 5.74) is 0.417. The van der Waals surface area contributed by atoms with Crippen molar-refractivity contribution < 1.29 is 19.3 Å². The molecule has 18 heavy (non-hydrogen) atoms. The molecule has 1 N–H and O–H groups in total. The van der Waals surface area contributed by atoms with E-state index in [0.717, 1.165) is 18.4 Å². The quantitative estimate of drug-likeness (QED) is 0.843. The van der Waals surface area contributed by atoms with E-state index in [4.69, 9.17) is 14.2 Å². The Hall–Kier alpha value is -1.42. The average molecular weight is 252 g/mol. The van der Waals surface area contributed by atoms with E-state index in [9.17, 15) is 5.11 Å². The molecule has 0 atom stereocenters. The fourth-order valence-corrected chi connectivity index (χ4v) is 2.06. The van der Waals surface area contributed by atoms with E-state index >= 15 is 0 Å². The molecule has 100 valence electrons. The van der Waals surface area contributed by atoms with Crippen LogP contribution in [0.5, 0.6) is 17.2 Å². The van der Waals surface area contributed by atoms with Gasteiger partial charge in [-0.2, -0.15) is 0 Å². The molecule has 0 radical (unpaired) electrons. The molecule has 4 nitrogen and oxygen atoms in total. The predicted octanol–water partition coefficient (Wildman–Crippen LogP) is 2.17. The lowest BCUT2D eigenvalue weighted by Gasteiger charge is -2.18. The Morgan fingerprint density at radius 2 is 1.89 bits per heavy atom. The highest BCUT2D eigenvalue weighted by Crippen LogP contribution is 2.45. The fourth-order valence-electron chi connectivity index (χ4n) is 2.06. The van der Waals surface area contributed by atoms with Crippen molar-refractivity contribution in [3.8, 4) is 17.2 Å². The number of ether oxygens (including phenoxy) is 3. The molecule has 1 saturated carbocycles. The van der Waals surface area contributed by atoms with Crippen molar-refractivity contribution in [3.05, 3.63) is 17.7 Å². The normalized spacial score (nSPS) is 16.2. The van der Waals surface area contributed by atoms with E-state index in [1.807, 2.05) is 19.1 Å². The molecule has 0 heterocycles. The van der Waals surface area contributed by atoms with Crippen molar-refractivity contribution in [2.75, 3.05) is 20.8 Å². The third-order valence-electron chi connectivity index (χ3n) is 3.22. The van der Waals surface area contributed by atoms with Crippen LogP contribution in [-0.4, -0.2) is 31.5 Å². The van der Waals surface area contributed by atoms with Gasteiger partial charge in [-0.05, 0) is 25.8 Å². The van der Waals surface area contributed by atoms with Crippen molar-refractivity contribution in [2.45, 2.75) is 31.8 Å². The second-order valence-corrected chi connectivity index (χ2v) is 4.62. The van der Waals surface area contributed by atoms with E-state index in [-0.39, 0.29) is 0 Å². The molecule has 0 aliphatic heterocycles.